The predicted molar refractivity (Wildman–Crippen MR) is 92.2 cm³/mol. The second-order valence-corrected chi connectivity index (χ2v) is 5.98. The molecule has 0 bridgehead atoms. The number of methoxy groups -OCH3 is 1. The lowest BCUT2D eigenvalue weighted by Crippen LogP contribution is -2.14. The van der Waals surface area contributed by atoms with E-state index >= 15 is 0 Å². The highest BCUT2D eigenvalue weighted by Gasteiger charge is 2.18. The van der Waals surface area contributed by atoms with Crippen LogP contribution in [0.15, 0.2) is 26.6 Å². The third-order valence-corrected chi connectivity index (χ3v) is 4.16. The molecule has 2 aromatic rings. The van der Waals surface area contributed by atoms with Crippen molar-refractivity contribution in [1.82, 2.24) is 9.97 Å². The maximum absolute atomic E-state index is 12.0. The third-order valence-electron chi connectivity index (χ3n) is 2.99. The van der Waals surface area contributed by atoms with Crippen LogP contribution in [-0.4, -0.2) is 29.9 Å². The quantitative estimate of drug-likeness (QED) is 0.617. The molecule has 0 aliphatic rings. The molecule has 0 aliphatic carbocycles. The summed E-state index contributed by atoms with van der Waals surface area (Å²) < 4.78 is 11.5. The van der Waals surface area contributed by atoms with Crippen molar-refractivity contribution < 1.29 is 9.47 Å². The Kier molecular flexibility index (Phi) is 5.69. The van der Waals surface area contributed by atoms with E-state index in [1.54, 1.807) is 25.5 Å². The van der Waals surface area contributed by atoms with Crippen molar-refractivity contribution in [3.8, 4) is 28.8 Å². The summed E-state index contributed by atoms with van der Waals surface area (Å²) in [5.41, 5.74) is 0.401. The molecule has 6 nitrogen and oxygen atoms in total. The summed E-state index contributed by atoms with van der Waals surface area (Å²) in [5, 5.41) is 9.72. The number of nitrogens with one attached hydrogen (secondary N) is 1. The Labute approximate surface area is 146 Å². The highest BCUT2D eigenvalue weighted by molar-refractivity contribution is 9.10. The molecular weight excluding hydrogens is 382 g/mol. The van der Waals surface area contributed by atoms with Gasteiger partial charge in [-0.1, -0.05) is 11.8 Å². The SMILES string of the molecule is CCOc1cc(-c2nc(SC)[nH]c(=O)c2C#N)cc(Br)c1OC. The number of hydrogen-bond acceptors (Lipinski definition) is 6. The molecule has 8 heteroatoms. The minimum absolute atomic E-state index is 0.0395. The lowest BCUT2D eigenvalue weighted by Gasteiger charge is -2.13. The van der Waals surface area contributed by atoms with Gasteiger partial charge >= 0.3 is 0 Å². The molecule has 23 heavy (non-hydrogen) atoms. The number of rotatable bonds is 5. The molecule has 0 saturated heterocycles. The number of aromatic nitrogens is 2. The number of halogens is 1. The maximum atomic E-state index is 12.0. The Morgan fingerprint density at radius 1 is 1.48 bits per heavy atom. The second kappa shape index (κ2) is 7.53. The highest BCUT2D eigenvalue weighted by Crippen LogP contribution is 2.39. The van der Waals surface area contributed by atoms with E-state index in [1.165, 1.54) is 11.8 Å². The number of benzene rings is 1. The molecular formula is C15H14BrN3O3S. The van der Waals surface area contributed by atoms with Gasteiger partial charge in [0, 0.05) is 5.56 Å². The summed E-state index contributed by atoms with van der Waals surface area (Å²) >= 11 is 4.71. The molecule has 120 valence electrons. The summed E-state index contributed by atoms with van der Waals surface area (Å²) in [6.07, 6.45) is 1.80. The number of aromatic amines is 1. The molecule has 0 radical (unpaired) electrons. The number of thioether (sulfide) groups is 1. The van der Waals surface area contributed by atoms with Crippen LogP contribution in [0.25, 0.3) is 11.3 Å². The van der Waals surface area contributed by atoms with Gasteiger partial charge in [0.15, 0.2) is 16.7 Å². The standard InChI is InChI=1S/C15H14BrN3O3S/c1-4-22-11-6-8(5-10(16)13(11)21-2)12-9(7-17)14(20)19-15(18-12)23-3/h5-6H,4H2,1-3H3,(H,18,19,20). The van der Waals surface area contributed by atoms with Gasteiger partial charge in [0.25, 0.3) is 5.56 Å². The van der Waals surface area contributed by atoms with Gasteiger partial charge in [-0.05, 0) is 41.2 Å². The van der Waals surface area contributed by atoms with Gasteiger partial charge in [0.05, 0.1) is 23.9 Å². The Balaban J connectivity index is 2.74. The smallest absolute Gasteiger partial charge is 0.270 e. The monoisotopic (exact) mass is 395 g/mol. The average molecular weight is 396 g/mol. The summed E-state index contributed by atoms with van der Waals surface area (Å²) in [6.45, 7) is 2.31. The van der Waals surface area contributed by atoms with Crippen LogP contribution in [-0.2, 0) is 0 Å². The Morgan fingerprint density at radius 3 is 2.78 bits per heavy atom. The Bertz CT molecular complexity index is 830. The highest BCUT2D eigenvalue weighted by atomic mass is 79.9. The van der Waals surface area contributed by atoms with Crippen molar-refractivity contribution >= 4 is 27.7 Å². The zero-order valence-corrected chi connectivity index (χ0v) is 15.2. The molecule has 1 aromatic heterocycles. The molecule has 1 aromatic carbocycles. The number of nitriles is 1. The van der Waals surface area contributed by atoms with E-state index in [9.17, 15) is 10.1 Å². The first kappa shape index (κ1) is 17.4. The number of hydrogen-bond donors (Lipinski definition) is 1. The first-order valence-corrected chi connectivity index (χ1v) is 8.66. The van der Waals surface area contributed by atoms with Crippen molar-refractivity contribution in [2.45, 2.75) is 12.1 Å². The molecule has 1 N–H and O–H groups in total. The largest absolute Gasteiger partial charge is 0.492 e. The number of ether oxygens (including phenoxy) is 2. The molecule has 2 rings (SSSR count). The van der Waals surface area contributed by atoms with Crippen LogP contribution in [0.3, 0.4) is 0 Å². The van der Waals surface area contributed by atoms with Crippen LogP contribution in [0.2, 0.25) is 0 Å². The van der Waals surface area contributed by atoms with Crippen LogP contribution < -0.4 is 15.0 Å². The first-order valence-electron chi connectivity index (χ1n) is 6.64. The summed E-state index contributed by atoms with van der Waals surface area (Å²) in [5.74, 6) is 1.06. The van der Waals surface area contributed by atoms with Crippen LogP contribution in [0, 0.1) is 11.3 Å². The van der Waals surface area contributed by atoms with Gasteiger partial charge in [0.1, 0.15) is 11.6 Å². The Morgan fingerprint density at radius 2 is 2.22 bits per heavy atom. The van der Waals surface area contributed by atoms with Gasteiger partial charge in [-0.15, -0.1) is 0 Å². The summed E-state index contributed by atoms with van der Waals surface area (Å²) in [4.78, 5) is 19.0. The number of H-pyrrole nitrogens is 1. The fraction of sp³-hybridized carbons (Fsp3) is 0.267. The minimum atomic E-state index is -0.466. The molecule has 1 heterocycles. The van der Waals surface area contributed by atoms with Gasteiger partial charge < -0.3 is 14.5 Å². The van der Waals surface area contributed by atoms with E-state index in [-0.39, 0.29) is 5.56 Å². The average Bonchev–Trinajstić information content (AvgIpc) is 2.54. The maximum Gasteiger partial charge on any atom is 0.270 e. The number of nitrogens with zero attached hydrogens (tertiary/aromatic N) is 2. The molecule has 0 fully saturated rings. The van der Waals surface area contributed by atoms with Crippen LogP contribution in [0.4, 0.5) is 0 Å². The molecule has 0 amide bonds. The fourth-order valence-corrected chi connectivity index (χ4v) is 3.01. The van der Waals surface area contributed by atoms with Crippen molar-refractivity contribution in [1.29, 1.82) is 5.26 Å². The van der Waals surface area contributed by atoms with Crippen LogP contribution >= 0.6 is 27.7 Å². The zero-order valence-electron chi connectivity index (χ0n) is 12.8. The third kappa shape index (κ3) is 3.51. The second-order valence-electron chi connectivity index (χ2n) is 4.33. The van der Waals surface area contributed by atoms with Crippen molar-refractivity contribution in [2.75, 3.05) is 20.0 Å². The van der Waals surface area contributed by atoms with E-state index in [1.807, 2.05) is 13.0 Å². The topological polar surface area (TPSA) is 88.0 Å². The first-order chi connectivity index (χ1) is 11.0. The van der Waals surface area contributed by atoms with Crippen molar-refractivity contribution in [2.24, 2.45) is 0 Å². The zero-order chi connectivity index (χ0) is 17.0. The van der Waals surface area contributed by atoms with Gasteiger partial charge in [-0.3, -0.25) is 4.79 Å². The van der Waals surface area contributed by atoms with Crippen LogP contribution in [0.5, 0.6) is 11.5 Å². The van der Waals surface area contributed by atoms with Gasteiger partial charge in [-0.2, -0.15) is 5.26 Å². The van der Waals surface area contributed by atoms with Crippen LogP contribution in [0.1, 0.15) is 12.5 Å². The van der Waals surface area contributed by atoms with Crippen molar-refractivity contribution in [3.05, 3.63) is 32.5 Å². The van der Waals surface area contributed by atoms with E-state index in [0.29, 0.717) is 39.0 Å². The minimum Gasteiger partial charge on any atom is -0.492 e. The Hall–Kier alpha value is -1.98. The van der Waals surface area contributed by atoms with E-state index in [4.69, 9.17) is 9.47 Å². The molecule has 0 unspecified atom stereocenters. The molecule has 0 saturated carbocycles. The van der Waals surface area contributed by atoms with Crippen molar-refractivity contribution in [3.63, 3.8) is 0 Å². The van der Waals surface area contributed by atoms with Gasteiger partial charge in [-0.25, -0.2) is 4.98 Å². The fourth-order valence-electron chi connectivity index (χ4n) is 2.03. The lowest BCUT2D eigenvalue weighted by molar-refractivity contribution is 0.310. The molecule has 0 spiro atoms. The molecule has 0 aliphatic heterocycles. The summed E-state index contributed by atoms with van der Waals surface area (Å²) in [7, 11) is 1.54. The van der Waals surface area contributed by atoms with E-state index in [2.05, 4.69) is 25.9 Å². The molecule has 0 atom stereocenters. The predicted octanol–water partition coefficient (Wildman–Crippen LogP) is 3.20. The van der Waals surface area contributed by atoms with E-state index < -0.39 is 5.56 Å². The summed E-state index contributed by atoms with van der Waals surface area (Å²) in [6, 6.07) is 5.36. The normalized spacial score (nSPS) is 10.2. The lowest BCUT2D eigenvalue weighted by atomic mass is 10.1. The van der Waals surface area contributed by atoms with Gasteiger partial charge in [0.2, 0.25) is 0 Å². The van der Waals surface area contributed by atoms with E-state index in [0.717, 1.165) is 0 Å².